The SMILES string of the molecule is CNc1ncccc1C(=O)N1CCCC(N(C)CCCN(C)C)C1. The first-order valence-electron chi connectivity index (χ1n) is 8.80. The van der Waals surface area contributed by atoms with E-state index in [0.29, 0.717) is 17.4 Å². The molecule has 1 atom stereocenters. The minimum Gasteiger partial charge on any atom is -0.372 e. The van der Waals surface area contributed by atoms with Crippen LogP contribution >= 0.6 is 0 Å². The first-order valence-corrected chi connectivity index (χ1v) is 8.80. The zero-order valence-corrected chi connectivity index (χ0v) is 15.5. The van der Waals surface area contributed by atoms with Crippen molar-refractivity contribution in [2.75, 3.05) is 59.7 Å². The fourth-order valence-corrected chi connectivity index (χ4v) is 3.27. The van der Waals surface area contributed by atoms with Gasteiger partial charge in [0.15, 0.2) is 0 Å². The van der Waals surface area contributed by atoms with E-state index in [4.69, 9.17) is 0 Å². The fraction of sp³-hybridized carbons (Fsp3) is 0.667. The van der Waals surface area contributed by atoms with Crippen LogP contribution in [0, 0.1) is 0 Å². The molecule has 6 heteroatoms. The maximum absolute atomic E-state index is 12.9. The second-order valence-electron chi connectivity index (χ2n) is 6.83. The maximum atomic E-state index is 12.9. The third-order valence-electron chi connectivity index (χ3n) is 4.70. The molecule has 1 aromatic heterocycles. The Morgan fingerprint density at radius 1 is 1.38 bits per heavy atom. The summed E-state index contributed by atoms with van der Waals surface area (Å²) in [5, 5.41) is 3.01. The fourth-order valence-electron chi connectivity index (χ4n) is 3.27. The van der Waals surface area contributed by atoms with Gasteiger partial charge in [0.25, 0.3) is 5.91 Å². The molecule has 1 unspecified atom stereocenters. The number of rotatable bonds is 7. The molecule has 6 nitrogen and oxygen atoms in total. The monoisotopic (exact) mass is 333 g/mol. The van der Waals surface area contributed by atoms with E-state index in [1.54, 1.807) is 13.2 Å². The molecule has 0 aromatic carbocycles. The number of likely N-dealkylation sites (tertiary alicyclic amines) is 1. The lowest BCUT2D eigenvalue weighted by Crippen LogP contribution is -2.49. The standard InChI is InChI=1S/C18H31N5O/c1-19-17-16(9-5-10-20-17)18(24)23-13-6-8-15(14-23)22(4)12-7-11-21(2)3/h5,9-10,15H,6-8,11-14H2,1-4H3,(H,19,20). The van der Waals surface area contributed by atoms with Crippen molar-refractivity contribution >= 4 is 11.7 Å². The zero-order chi connectivity index (χ0) is 17.5. The highest BCUT2D eigenvalue weighted by Crippen LogP contribution is 2.20. The molecule has 0 aliphatic carbocycles. The van der Waals surface area contributed by atoms with Crippen molar-refractivity contribution < 1.29 is 4.79 Å². The molecule has 1 aromatic rings. The van der Waals surface area contributed by atoms with Crippen LogP contribution in [0.3, 0.4) is 0 Å². The van der Waals surface area contributed by atoms with Gasteiger partial charge in [0.05, 0.1) is 5.56 Å². The minimum atomic E-state index is 0.0823. The van der Waals surface area contributed by atoms with Crippen LogP contribution in [0.2, 0.25) is 0 Å². The summed E-state index contributed by atoms with van der Waals surface area (Å²) < 4.78 is 0. The van der Waals surface area contributed by atoms with Crippen LogP contribution < -0.4 is 5.32 Å². The Labute approximate surface area is 145 Å². The lowest BCUT2D eigenvalue weighted by Gasteiger charge is -2.38. The molecule has 1 amide bonds. The lowest BCUT2D eigenvalue weighted by atomic mass is 10.0. The quantitative estimate of drug-likeness (QED) is 0.822. The van der Waals surface area contributed by atoms with Crippen LogP contribution in [0.25, 0.3) is 0 Å². The summed E-state index contributed by atoms with van der Waals surface area (Å²) in [7, 11) is 8.19. The Morgan fingerprint density at radius 2 is 2.17 bits per heavy atom. The van der Waals surface area contributed by atoms with Crippen LogP contribution in [-0.4, -0.2) is 86.0 Å². The molecule has 0 spiro atoms. The predicted molar refractivity (Wildman–Crippen MR) is 98.5 cm³/mol. The van der Waals surface area contributed by atoms with E-state index in [2.05, 4.69) is 41.2 Å². The Kier molecular flexibility index (Phi) is 6.99. The topological polar surface area (TPSA) is 51.7 Å². The minimum absolute atomic E-state index is 0.0823. The van der Waals surface area contributed by atoms with Gasteiger partial charge in [-0.2, -0.15) is 0 Å². The summed E-state index contributed by atoms with van der Waals surface area (Å²) in [5.74, 6) is 0.739. The zero-order valence-electron chi connectivity index (χ0n) is 15.5. The van der Waals surface area contributed by atoms with Crippen LogP contribution in [-0.2, 0) is 0 Å². The number of hydrogen-bond donors (Lipinski definition) is 1. The third-order valence-corrected chi connectivity index (χ3v) is 4.70. The number of likely N-dealkylation sites (N-methyl/N-ethyl adjacent to an activating group) is 1. The Balaban J connectivity index is 1.95. The number of carbonyl (C=O) groups is 1. The normalized spacial score (nSPS) is 18.2. The highest BCUT2D eigenvalue weighted by molar-refractivity contribution is 5.98. The summed E-state index contributed by atoms with van der Waals surface area (Å²) >= 11 is 0. The number of anilines is 1. The molecule has 0 radical (unpaired) electrons. The van der Waals surface area contributed by atoms with Gasteiger partial charge in [-0.15, -0.1) is 0 Å². The first kappa shape index (κ1) is 18.7. The van der Waals surface area contributed by atoms with Gasteiger partial charge in [0.1, 0.15) is 5.82 Å². The number of nitrogens with one attached hydrogen (secondary N) is 1. The number of amides is 1. The van der Waals surface area contributed by atoms with E-state index in [1.165, 1.54) is 0 Å². The van der Waals surface area contributed by atoms with E-state index in [-0.39, 0.29) is 5.91 Å². The van der Waals surface area contributed by atoms with Crippen LogP contribution in [0.15, 0.2) is 18.3 Å². The number of piperidine rings is 1. The Bertz CT molecular complexity index is 534. The summed E-state index contributed by atoms with van der Waals surface area (Å²) in [5.41, 5.74) is 0.663. The Morgan fingerprint density at radius 3 is 2.88 bits per heavy atom. The second-order valence-corrected chi connectivity index (χ2v) is 6.83. The highest BCUT2D eigenvalue weighted by atomic mass is 16.2. The molecule has 1 aliphatic rings. The molecule has 2 rings (SSSR count). The van der Waals surface area contributed by atoms with Crippen LogP contribution in [0.1, 0.15) is 29.6 Å². The van der Waals surface area contributed by atoms with Gasteiger partial charge < -0.3 is 20.0 Å². The number of aromatic nitrogens is 1. The van der Waals surface area contributed by atoms with Crippen molar-refractivity contribution in [1.29, 1.82) is 0 Å². The van der Waals surface area contributed by atoms with E-state index in [9.17, 15) is 4.79 Å². The largest absolute Gasteiger partial charge is 0.372 e. The van der Waals surface area contributed by atoms with Gasteiger partial charge >= 0.3 is 0 Å². The first-order chi connectivity index (χ1) is 11.5. The van der Waals surface area contributed by atoms with Crippen LogP contribution in [0.5, 0.6) is 0 Å². The average Bonchev–Trinajstić information content (AvgIpc) is 2.60. The molecular weight excluding hydrogens is 302 g/mol. The van der Waals surface area contributed by atoms with Crippen molar-refractivity contribution in [3.63, 3.8) is 0 Å². The molecule has 1 saturated heterocycles. The molecule has 24 heavy (non-hydrogen) atoms. The van der Waals surface area contributed by atoms with Gasteiger partial charge in [-0.25, -0.2) is 4.98 Å². The highest BCUT2D eigenvalue weighted by Gasteiger charge is 2.27. The predicted octanol–water partition coefficient (Wildman–Crippen LogP) is 1.61. The van der Waals surface area contributed by atoms with E-state index in [1.807, 2.05) is 17.0 Å². The van der Waals surface area contributed by atoms with E-state index < -0.39 is 0 Å². The molecule has 2 heterocycles. The van der Waals surface area contributed by atoms with Crippen molar-refractivity contribution in [3.8, 4) is 0 Å². The number of carbonyl (C=O) groups excluding carboxylic acids is 1. The summed E-state index contributed by atoms with van der Waals surface area (Å²) in [6, 6.07) is 4.12. The molecule has 0 saturated carbocycles. The van der Waals surface area contributed by atoms with Gasteiger partial charge in [-0.1, -0.05) is 0 Å². The number of hydrogen-bond acceptors (Lipinski definition) is 5. The summed E-state index contributed by atoms with van der Waals surface area (Å²) in [6.45, 7) is 3.80. The molecular formula is C18H31N5O. The van der Waals surface area contributed by atoms with Gasteiger partial charge in [-0.3, -0.25) is 4.79 Å². The van der Waals surface area contributed by atoms with Crippen molar-refractivity contribution in [2.24, 2.45) is 0 Å². The lowest BCUT2D eigenvalue weighted by molar-refractivity contribution is 0.0608. The molecule has 0 bridgehead atoms. The van der Waals surface area contributed by atoms with Crippen molar-refractivity contribution in [1.82, 2.24) is 19.7 Å². The third kappa shape index (κ3) is 4.92. The number of pyridine rings is 1. The average molecular weight is 333 g/mol. The summed E-state index contributed by atoms with van der Waals surface area (Å²) in [6.07, 6.45) is 5.08. The van der Waals surface area contributed by atoms with Crippen molar-refractivity contribution in [3.05, 3.63) is 23.9 Å². The molecule has 1 fully saturated rings. The van der Waals surface area contributed by atoms with Crippen molar-refractivity contribution in [2.45, 2.75) is 25.3 Å². The molecule has 1 aliphatic heterocycles. The van der Waals surface area contributed by atoms with E-state index in [0.717, 1.165) is 45.4 Å². The van der Waals surface area contributed by atoms with Gasteiger partial charge in [0.2, 0.25) is 0 Å². The molecule has 1 N–H and O–H groups in total. The Hall–Kier alpha value is -1.66. The smallest absolute Gasteiger partial charge is 0.257 e. The van der Waals surface area contributed by atoms with E-state index >= 15 is 0 Å². The summed E-state index contributed by atoms with van der Waals surface area (Å²) in [4.78, 5) is 23.7. The number of nitrogens with zero attached hydrogens (tertiary/aromatic N) is 4. The second kappa shape index (κ2) is 8.99. The molecule has 134 valence electrons. The van der Waals surface area contributed by atoms with Gasteiger partial charge in [0, 0.05) is 32.4 Å². The maximum Gasteiger partial charge on any atom is 0.257 e. The van der Waals surface area contributed by atoms with Crippen LogP contribution in [0.4, 0.5) is 5.82 Å². The van der Waals surface area contributed by atoms with Gasteiger partial charge in [-0.05, 0) is 65.6 Å².